The molecule has 0 aromatic heterocycles. The molecule has 0 radical (unpaired) electrons. The molecule has 0 fully saturated rings. The maximum absolute atomic E-state index is 12.0. The quantitative estimate of drug-likeness (QED) is 0.141. The van der Waals surface area contributed by atoms with Gasteiger partial charge in [0.2, 0.25) is 11.6 Å². The van der Waals surface area contributed by atoms with Crippen LogP contribution in [0, 0.1) is 5.92 Å². The number of amides is 2. The molecule has 10 heteroatoms. The van der Waals surface area contributed by atoms with Crippen molar-refractivity contribution in [1.29, 1.82) is 0 Å². The fourth-order valence-corrected chi connectivity index (χ4v) is 2.42. The van der Waals surface area contributed by atoms with Gasteiger partial charge in [-0.15, -0.1) is 0 Å². The topological polar surface area (TPSA) is 145 Å². The van der Waals surface area contributed by atoms with Crippen molar-refractivity contribution in [2.45, 2.75) is 72.3 Å². The summed E-state index contributed by atoms with van der Waals surface area (Å²) < 4.78 is 9.82. The third-order valence-electron chi connectivity index (χ3n) is 4.51. The van der Waals surface area contributed by atoms with Crippen LogP contribution in [0.4, 0.5) is 0 Å². The van der Waals surface area contributed by atoms with Gasteiger partial charge in [0.25, 0.3) is 11.8 Å². The second-order valence-corrected chi connectivity index (χ2v) is 7.92. The molecule has 0 rings (SSSR count). The van der Waals surface area contributed by atoms with E-state index in [-0.39, 0.29) is 68.9 Å². The molecule has 2 amide bonds. The minimum absolute atomic E-state index is 0.0167. The summed E-state index contributed by atoms with van der Waals surface area (Å²) in [6.45, 7) is 10.4. The Kier molecular flexibility index (Phi) is 15.0. The molecule has 0 aliphatic heterocycles. The van der Waals surface area contributed by atoms with Gasteiger partial charge in [0, 0.05) is 31.0 Å². The molecule has 0 aliphatic rings. The zero-order valence-electron chi connectivity index (χ0n) is 20.0. The monoisotopic (exact) mass is 468 g/mol. The van der Waals surface area contributed by atoms with E-state index < -0.39 is 29.4 Å². The third kappa shape index (κ3) is 13.9. The van der Waals surface area contributed by atoms with E-state index in [1.807, 2.05) is 6.92 Å². The van der Waals surface area contributed by atoms with E-state index in [9.17, 15) is 28.8 Å². The van der Waals surface area contributed by atoms with Crippen molar-refractivity contribution in [3.05, 3.63) is 12.2 Å². The van der Waals surface area contributed by atoms with E-state index in [1.54, 1.807) is 13.8 Å². The summed E-state index contributed by atoms with van der Waals surface area (Å²) in [5, 5.41) is 5.09. The van der Waals surface area contributed by atoms with Crippen molar-refractivity contribution in [2.24, 2.45) is 5.92 Å². The second kappa shape index (κ2) is 16.6. The highest BCUT2D eigenvalue weighted by Crippen LogP contribution is 2.02. The number of rotatable bonds is 17. The van der Waals surface area contributed by atoms with Gasteiger partial charge in [-0.1, -0.05) is 27.4 Å². The first-order chi connectivity index (χ1) is 15.5. The van der Waals surface area contributed by atoms with Crippen molar-refractivity contribution in [2.75, 3.05) is 19.8 Å². The van der Waals surface area contributed by atoms with Gasteiger partial charge < -0.3 is 20.1 Å². The summed E-state index contributed by atoms with van der Waals surface area (Å²) in [5.41, 5.74) is 0.255. The van der Waals surface area contributed by atoms with Gasteiger partial charge in [0.05, 0.1) is 19.1 Å². The number of nitrogens with one attached hydrogen (secondary N) is 2. The van der Waals surface area contributed by atoms with Crippen LogP contribution >= 0.6 is 0 Å². The number of carbonyl (C=O) groups excluding carboxylic acids is 6. The average Bonchev–Trinajstić information content (AvgIpc) is 2.77. The first kappa shape index (κ1) is 30.0. The second-order valence-electron chi connectivity index (χ2n) is 7.92. The average molecular weight is 469 g/mol. The SMILES string of the molecule is C=C(C)C(=O)OCCCC(=O)C(=O)NCCC(CC)NC(=O)C(=O)CCCOC(=O)C(C)C. The predicted octanol–water partition coefficient (Wildman–Crippen LogP) is 1.40. The zero-order chi connectivity index (χ0) is 25.4. The van der Waals surface area contributed by atoms with Crippen molar-refractivity contribution in [3.63, 3.8) is 0 Å². The molecule has 0 aliphatic carbocycles. The molecule has 33 heavy (non-hydrogen) atoms. The minimum atomic E-state index is -0.755. The van der Waals surface area contributed by atoms with Gasteiger partial charge in [0.15, 0.2) is 0 Å². The number of esters is 2. The molecule has 0 saturated carbocycles. The van der Waals surface area contributed by atoms with E-state index in [0.29, 0.717) is 12.8 Å². The molecule has 1 atom stereocenters. The van der Waals surface area contributed by atoms with Crippen LogP contribution < -0.4 is 10.6 Å². The Labute approximate surface area is 194 Å². The number of hydrogen-bond acceptors (Lipinski definition) is 8. The van der Waals surface area contributed by atoms with Gasteiger partial charge in [-0.05, 0) is 32.6 Å². The van der Waals surface area contributed by atoms with Crippen molar-refractivity contribution < 1.29 is 38.2 Å². The van der Waals surface area contributed by atoms with Gasteiger partial charge in [-0.2, -0.15) is 0 Å². The molecular weight excluding hydrogens is 432 g/mol. The van der Waals surface area contributed by atoms with E-state index in [2.05, 4.69) is 17.2 Å². The van der Waals surface area contributed by atoms with Crippen molar-refractivity contribution in [1.82, 2.24) is 10.6 Å². The molecule has 0 aromatic carbocycles. The van der Waals surface area contributed by atoms with E-state index in [0.717, 1.165) is 0 Å². The van der Waals surface area contributed by atoms with Crippen molar-refractivity contribution >= 4 is 35.3 Å². The first-order valence-corrected chi connectivity index (χ1v) is 11.1. The van der Waals surface area contributed by atoms with E-state index in [1.165, 1.54) is 6.92 Å². The molecule has 0 bridgehead atoms. The molecule has 2 N–H and O–H groups in total. The van der Waals surface area contributed by atoms with Crippen LogP contribution in [0.1, 0.15) is 66.2 Å². The Hall–Kier alpha value is -3.04. The molecule has 0 heterocycles. The molecular formula is C23H36N2O8. The summed E-state index contributed by atoms with van der Waals surface area (Å²) >= 11 is 0. The Morgan fingerprint density at radius 2 is 1.42 bits per heavy atom. The molecule has 0 aromatic rings. The largest absolute Gasteiger partial charge is 0.465 e. The summed E-state index contributed by atoms with van der Waals surface area (Å²) in [6, 6.07) is -0.350. The van der Waals surface area contributed by atoms with Gasteiger partial charge >= 0.3 is 11.9 Å². The summed E-state index contributed by atoms with van der Waals surface area (Å²) in [5.74, 6) is -3.89. The summed E-state index contributed by atoms with van der Waals surface area (Å²) in [4.78, 5) is 70.2. The van der Waals surface area contributed by atoms with Gasteiger partial charge in [0.1, 0.15) is 0 Å². The summed E-state index contributed by atoms with van der Waals surface area (Å²) in [7, 11) is 0. The number of Topliss-reactive ketones (excluding diaryl/α,β-unsaturated/α-hetero) is 2. The maximum atomic E-state index is 12.0. The minimum Gasteiger partial charge on any atom is -0.465 e. The first-order valence-electron chi connectivity index (χ1n) is 11.1. The Balaban J connectivity index is 4.15. The Morgan fingerprint density at radius 3 is 1.94 bits per heavy atom. The maximum Gasteiger partial charge on any atom is 0.333 e. The van der Waals surface area contributed by atoms with Crippen LogP contribution in [-0.4, -0.2) is 61.1 Å². The van der Waals surface area contributed by atoms with Crippen LogP contribution in [0.2, 0.25) is 0 Å². The highest BCUT2D eigenvalue weighted by atomic mass is 16.5. The summed E-state index contributed by atoms with van der Waals surface area (Å²) in [6.07, 6.45) is 1.24. The molecule has 0 saturated heterocycles. The lowest BCUT2D eigenvalue weighted by molar-refractivity contribution is -0.148. The van der Waals surface area contributed by atoms with Crippen LogP contribution in [0.3, 0.4) is 0 Å². The zero-order valence-corrected chi connectivity index (χ0v) is 20.0. The van der Waals surface area contributed by atoms with Crippen LogP contribution in [0.15, 0.2) is 12.2 Å². The predicted molar refractivity (Wildman–Crippen MR) is 120 cm³/mol. The van der Waals surface area contributed by atoms with E-state index in [4.69, 9.17) is 9.47 Å². The molecule has 1 unspecified atom stereocenters. The van der Waals surface area contributed by atoms with Crippen LogP contribution in [0.5, 0.6) is 0 Å². The highest BCUT2D eigenvalue weighted by Gasteiger charge is 2.19. The fourth-order valence-electron chi connectivity index (χ4n) is 2.42. The standard InChI is InChI=1S/C23H36N2O8/c1-6-17(25-21(29)19(27)10-8-14-33-23(31)16(4)5)11-12-24-20(28)18(26)9-7-13-32-22(30)15(2)3/h16-17H,2,6-14H2,1,3-5H3,(H,24,28)(H,25,29). The molecule has 10 nitrogen and oxygen atoms in total. The lowest BCUT2D eigenvalue weighted by Gasteiger charge is -2.16. The third-order valence-corrected chi connectivity index (χ3v) is 4.51. The lowest BCUT2D eigenvalue weighted by atomic mass is 10.1. The van der Waals surface area contributed by atoms with Crippen LogP contribution in [-0.2, 0) is 38.2 Å². The number of hydrogen-bond donors (Lipinski definition) is 2. The highest BCUT2D eigenvalue weighted by molar-refractivity contribution is 6.36. The van der Waals surface area contributed by atoms with Gasteiger partial charge in [-0.25, -0.2) is 4.79 Å². The Morgan fingerprint density at radius 1 is 0.879 bits per heavy atom. The fraction of sp³-hybridized carbons (Fsp3) is 0.652. The normalized spacial score (nSPS) is 11.3. The smallest absolute Gasteiger partial charge is 0.333 e. The molecule has 0 spiro atoms. The number of ketones is 2. The number of ether oxygens (including phenoxy) is 2. The Bertz CT molecular complexity index is 730. The molecule has 186 valence electrons. The number of carbonyl (C=O) groups is 6. The van der Waals surface area contributed by atoms with Crippen LogP contribution in [0.25, 0.3) is 0 Å². The van der Waals surface area contributed by atoms with Gasteiger partial charge in [-0.3, -0.25) is 24.0 Å². The van der Waals surface area contributed by atoms with Crippen molar-refractivity contribution in [3.8, 4) is 0 Å². The van der Waals surface area contributed by atoms with E-state index >= 15 is 0 Å². The lowest BCUT2D eigenvalue weighted by Crippen LogP contribution is -2.41.